The largest absolute Gasteiger partial charge is 0.494 e. The highest BCUT2D eigenvalue weighted by Gasteiger charge is 2.33. The van der Waals surface area contributed by atoms with Gasteiger partial charge in [-0.3, -0.25) is 0 Å². The van der Waals surface area contributed by atoms with Gasteiger partial charge in [0.25, 0.3) is 0 Å². The van der Waals surface area contributed by atoms with Crippen LogP contribution >= 0.6 is 0 Å². The summed E-state index contributed by atoms with van der Waals surface area (Å²) in [4.78, 5) is 0. The molecule has 0 aliphatic heterocycles. The van der Waals surface area contributed by atoms with Crippen LogP contribution in [0, 0.1) is 11.6 Å². The van der Waals surface area contributed by atoms with Gasteiger partial charge >= 0.3 is 6.18 Å². The summed E-state index contributed by atoms with van der Waals surface area (Å²) in [6.07, 6.45) is -6.10. The van der Waals surface area contributed by atoms with Crippen LogP contribution in [-0.4, -0.2) is 13.3 Å². The lowest BCUT2D eigenvalue weighted by atomic mass is 10.0. The van der Waals surface area contributed by atoms with E-state index in [0.29, 0.717) is 0 Å². The molecular weight excluding hydrogens is 245 g/mol. The fourth-order valence-corrected chi connectivity index (χ4v) is 1.40. The number of halogens is 5. The van der Waals surface area contributed by atoms with Gasteiger partial charge in [-0.2, -0.15) is 13.2 Å². The van der Waals surface area contributed by atoms with Crippen molar-refractivity contribution in [2.24, 2.45) is 5.73 Å². The minimum Gasteiger partial charge on any atom is -0.494 e. The summed E-state index contributed by atoms with van der Waals surface area (Å²) in [7, 11) is 1.12. The maximum absolute atomic E-state index is 13.5. The van der Waals surface area contributed by atoms with Gasteiger partial charge in [-0.25, -0.2) is 8.78 Å². The zero-order valence-corrected chi connectivity index (χ0v) is 8.81. The van der Waals surface area contributed by atoms with Gasteiger partial charge in [0.05, 0.1) is 13.5 Å². The Kier molecular flexibility index (Phi) is 3.92. The van der Waals surface area contributed by atoms with Gasteiger partial charge in [0, 0.05) is 11.6 Å². The molecule has 0 saturated carbocycles. The minimum absolute atomic E-state index is 0.348. The summed E-state index contributed by atoms with van der Waals surface area (Å²) in [5, 5.41) is 0. The molecule has 17 heavy (non-hydrogen) atoms. The molecule has 0 aromatic heterocycles. The first-order valence-electron chi connectivity index (χ1n) is 4.60. The molecule has 1 rings (SSSR count). The zero-order chi connectivity index (χ0) is 13.2. The number of benzene rings is 1. The molecule has 0 fully saturated rings. The highest BCUT2D eigenvalue weighted by molar-refractivity contribution is 5.34. The van der Waals surface area contributed by atoms with E-state index in [9.17, 15) is 22.0 Å². The Labute approximate surface area is 94.2 Å². The van der Waals surface area contributed by atoms with Gasteiger partial charge in [-0.1, -0.05) is 0 Å². The van der Waals surface area contributed by atoms with E-state index in [4.69, 9.17) is 5.73 Å². The van der Waals surface area contributed by atoms with Crippen molar-refractivity contribution in [3.8, 4) is 5.75 Å². The van der Waals surface area contributed by atoms with Crippen LogP contribution < -0.4 is 10.5 Å². The second-order valence-corrected chi connectivity index (χ2v) is 3.40. The van der Waals surface area contributed by atoms with Crippen LogP contribution in [0.4, 0.5) is 22.0 Å². The third kappa shape index (κ3) is 3.29. The van der Waals surface area contributed by atoms with Crippen molar-refractivity contribution in [2.45, 2.75) is 18.6 Å². The molecule has 7 heteroatoms. The second-order valence-electron chi connectivity index (χ2n) is 3.40. The minimum atomic E-state index is -4.60. The average molecular weight is 255 g/mol. The van der Waals surface area contributed by atoms with Crippen LogP contribution in [0.5, 0.6) is 5.75 Å². The van der Waals surface area contributed by atoms with Gasteiger partial charge in [-0.15, -0.1) is 0 Å². The van der Waals surface area contributed by atoms with Crippen LogP contribution in [0.25, 0.3) is 0 Å². The Morgan fingerprint density at radius 1 is 1.29 bits per heavy atom. The smallest absolute Gasteiger partial charge is 0.390 e. The quantitative estimate of drug-likeness (QED) is 0.843. The van der Waals surface area contributed by atoms with E-state index in [2.05, 4.69) is 4.74 Å². The van der Waals surface area contributed by atoms with Crippen molar-refractivity contribution in [3.63, 3.8) is 0 Å². The standard InChI is InChI=1S/C10H10F5NO/c1-17-7-3-2-5(11)8(9(7)12)6(16)4-10(13,14)15/h2-3,6H,4,16H2,1H3/t6-/m1/s1. The molecule has 0 aliphatic carbocycles. The summed E-state index contributed by atoms with van der Waals surface area (Å²) < 4.78 is 67.6. The number of methoxy groups -OCH3 is 1. The van der Waals surface area contributed by atoms with Crippen LogP contribution in [0.1, 0.15) is 18.0 Å². The molecule has 0 radical (unpaired) electrons. The van der Waals surface area contributed by atoms with Crippen molar-refractivity contribution in [2.75, 3.05) is 7.11 Å². The highest BCUT2D eigenvalue weighted by atomic mass is 19.4. The molecule has 0 bridgehead atoms. The predicted molar refractivity (Wildman–Crippen MR) is 50.5 cm³/mol. The van der Waals surface area contributed by atoms with E-state index in [-0.39, 0.29) is 5.75 Å². The lowest BCUT2D eigenvalue weighted by Gasteiger charge is -2.17. The second kappa shape index (κ2) is 4.87. The first kappa shape index (κ1) is 13.7. The summed E-state index contributed by atoms with van der Waals surface area (Å²) in [6.45, 7) is 0. The Morgan fingerprint density at radius 2 is 1.88 bits per heavy atom. The van der Waals surface area contributed by atoms with Gasteiger partial charge in [-0.05, 0) is 12.1 Å². The molecule has 0 saturated heterocycles. The van der Waals surface area contributed by atoms with Crippen molar-refractivity contribution in [1.29, 1.82) is 0 Å². The van der Waals surface area contributed by atoms with Gasteiger partial charge < -0.3 is 10.5 Å². The van der Waals surface area contributed by atoms with Crippen molar-refractivity contribution < 1.29 is 26.7 Å². The maximum atomic E-state index is 13.5. The van der Waals surface area contributed by atoms with Crippen LogP contribution in [0.3, 0.4) is 0 Å². The van der Waals surface area contributed by atoms with Gasteiger partial charge in [0.15, 0.2) is 11.6 Å². The average Bonchev–Trinajstić information content (AvgIpc) is 2.15. The van der Waals surface area contributed by atoms with E-state index in [0.717, 1.165) is 19.2 Å². The SMILES string of the molecule is COc1ccc(F)c([C@H](N)CC(F)(F)F)c1F. The van der Waals surface area contributed by atoms with Crippen LogP contribution in [0.2, 0.25) is 0 Å². The summed E-state index contributed by atoms with van der Waals surface area (Å²) in [5.41, 5.74) is 4.33. The maximum Gasteiger partial charge on any atom is 0.390 e. The van der Waals surface area contributed by atoms with Gasteiger partial charge in [0.2, 0.25) is 0 Å². The first-order valence-corrected chi connectivity index (χ1v) is 4.60. The lowest BCUT2D eigenvalue weighted by Crippen LogP contribution is -2.22. The predicted octanol–water partition coefficient (Wildman–Crippen LogP) is 2.93. The number of rotatable bonds is 3. The summed E-state index contributed by atoms with van der Waals surface area (Å²) in [6, 6.07) is -0.00723. The van der Waals surface area contributed by atoms with Crippen LogP contribution in [0.15, 0.2) is 12.1 Å². The molecule has 1 atom stereocenters. The van der Waals surface area contributed by atoms with E-state index in [1.165, 1.54) is 0 Å². The Bertz CT molecular complexity index is 404. The van der Waals surface area contributed by atoms with Gasteiger partial charge in [0.1, 0.15) is 5.82 Å². The molecule has 2 N–H and O–H groups in total. The first-order chi connectivity index (χ1) is 7.76. The Balaban J connectivity index is 3.12. The summed E-state index contributed by atoms with van der Waals surface area (Å²) in [5.74, 6) is -2.68. The van der Waals surface area contributed by atoms with Crippen molar-refractivity contribution in [1.82, 2.24) is 0 Å². The molecule has 0 spiro atoms. The van der Waals surface area contributed by atoms with Crippen molar-refractivity contribution >= 4 is 0 Å². The number of nitrogens with two attached hydrogens (primary N) is 1. The lowest BCUT2D eigenvalue weighted by molar-refractivity contribution is -0.138. The fourth-order valence-electron chi connectivity index (χ4n) is 1.40. The molecule has 0 amide bonds. The topological polar surface area (TPSA) is 35.2 Å². The Morgan fingerprint density at radius 3 is 2.35 bits per heavy atom. The molecule has 0 aliphatic rings. The van der Waals surface area contributed by atoms with Crippen LogP contribution in [-0.2, 0) is 0 Å². The third-order valence-electron chi connectivity index (χ3n) is 2.13. The molecule has 1 aromatic rings. The number of hydrogen-bond donors (Lipinski definition) is 1. The van der Waals surface area contributed by atoms with E-state index in [1.807, 2.05) is 0 Å². The van der Waals surface area contributed by atoms with Crippen molar-refractivity contribution in [3.05, 3.63) is 29.3 Å². The number of ether oxygens (including phenoxy) is 1. The molecule has 0 unspecified atom stereocenters. The summed E-state index contributed by atoms with van der Waals surface area (Å²) >= 11 is 0. The van der Waals surface area contributed by atoms with E-state index >= 15 is 0 Å². The molecular formula is C10H10F5NO. The highest BCUT2D eigenvalue weighted by Crippen LogP contribution is 2.33. The fraction of sp³-hybridized carbons (Fsp3) is 0.400. The van der Waals surface area contributed by atoms with E-state index < -0.39 is 35.8 Å². The molecule has 2 nitrogen and oxygen atoms in total. The third-order valence-corrected chi connectivity index (χ3v) is 2.13. The molecule has 0 heterocycles. The monoisotopic (exact) mass is 255 g/mol. The van der Waals surface area contributed by atoms with E-state index in [1.54, 1.807) is 0 Å². The number of hydrogen-bond acceptors (Lipinski definition) is 2. The molecule has 1 aromatic carbocycles. The zero-order valence-electron chi connectivity index (χ0n) is 8.81. The number of alkyl halides is 3. The Hall–Kier alpha value is -1.37. The molecule has 96 valence electrons. The normalized spacial score (nSPS) is 13.6.